The van der Waals surface area contributed by atoms with E-state index in [1.54, 1.807) is 29.9 Å². The molecule has 2 amide bonds. The smallest absolute Gasteiger partial charge is 0.364 e. The number of aromatic amines is 1. The molecule has 24 heteroatoms. The van der Waals surface area contributed by atoms with Crippen molar-refractivity contribution in [2.24, 2.45) is 11.8 Å². The lowest BCUT2D eigenvalue weighted by atomic mass is 9.86. The largest absolute Gasteiger partial charge is 0.476 e. The van der Waals surface area contributed by atoms with Gasteiger partial charge in [-0.2, -0.15) is 0 Å². The second kappa shape index (κ2) is 44.5. The summed E-state index contributed by atoms with van der Waals surface area (Å²) in [6.45, 7) is 25.5. The summed E-state index contributed by atoms with van der Waals surface area (Å²) in [5.41, 5.74) is 9.89. The van der Waals surface area contributed by atoms with E-state index in [9.17, 15) is 19.2 Å². The molecule has 7 saturated heterocycles. The number of rotatable bonds is 17. The number of benzene rings is 7. The van der Waals surface area contributed by atoms with Crippen LogP contribution in [0.2, 0.25) is 0 Å². The van der Waals surface area contributed by atoms with Gasteiger partial charge >= 0.3 is 11.9 Å². The van der Waals surface area contributed by atoms with Crippen molar-refractivity contribution in [3.8, 4) is 0 Å². The zero-order valence-corrected chi connectivity index (χ0v) is 70.9. The summed E-state index contributed by atoms with van der Waals surface area (Å²) in [6.07, 6.45) is 12.4. The fourth-order valence-corrected chi connectivity index (χ4v) is 18.6. The normalized spacial score (nSPS) is 19.0. The number of piperazine rings is 3. The van der Waals surface area contributed by atoms with E-state index in [0.717, 1.165) is 138 Å². The van der Waals surface area contributed by atoms with E-state index in [0.29, 0.717) is 45.8 Å². The van der Waals surface area contributed by atoms with Gasteiger partial charge in [0.2, 0.25) is 5.01 Å². The first-order valence-corrected chi connectivity index (χ1v) is 44.5. The van der Waals surface area contributed by atoms with Crippen molar-refractivity contribution < 1.29 is 29.0 Å². The number of carboxylic acid groups (broad SMARTS) is 1. The third-order valence-electron chi connectivity index (χ3n) is 23.6. The lowest BCUT2D eigenvalue weighted by Gasteiger charge is -2.51. The Bertz CT molecular complexity index is 4590. The van der Waals surface area contributed by atoms with Gasteiger partial charge in [-0.25, -0.2) is 24.5 Å². The van der Waals surface area contributed by atoms with Crippen molar-refractivity contribution in [3.63, 3.8) is 0 Å². The second-order valence-electron chi connectivity index (χ2n) is 31.4. The van der Waals surface area contributed by atoms with Gasteiger partial charge in [-0.3, -0.25) is 39.0 Å². The van der Waals surface area contributed by atoms with Crippen LogP contribution >= 0.6 is 34.0 Å². The van der Waals surface area contributed by atoms with Crippen LogP contribution in [0.15, 0.2) is 247 Å². The Kier molecular flexibility index (Phi) is 32.6. The Labute approximate surface area is 708 Å². The number of esters is 1. The number of H-pyrrole nitrogens is 1. The van der Waals surface area contributed by atoms with Crippen LogP contribution in [0.25, 0.3) is 10.9 Å². The minimum atomic E-state index is -0.958. The summed E-state index contributed by atoms with van der Waals surface area (Å²) in [5, 5.41) is 26.0. The predicted molar refractivity (Wildman–Crippen MR) is 475 cm³/mol. The van der Waals surface area contributed by atoms with Crippen molar-refractivity contribution in [1.82, 2.24) is 75.1 Å². The summed E-state index contributed by atoms with van der Waals surface area (Å²) < 4.78 is 4.61. The van der Waals surface area contributed by atoms with Crippen molar-refractivity contribution in [1.29, 1.82) is 0 Å². The minimum Gasteiger partial charge on any atom is -0.476 e. The van der Waals surface area contributed by atoms with E-state index in [2.05, 4.69) is 273 Å². The first-order chi connectivity index (χ1) is 57.9. The maximum atomic E-state index is 12.5. The molecule has 620 valence electrons. The number of nitrogens with zero attached hydrogens (tertiary/aromatic N) is 11. The van der Waals surface area contributed by atoms with Crippen LogP contribution in [0.5, 0.6) is 0 Å². The molecule has 0 radical (unpaired) electrons. The molecule has 0 spiro atoms. The highest BCUT2D eigenvalue weighted by molar-refractivity contribution is 7.12. The summed E-state index contributed by atoms with van der Waals surface area (Å²) in [7, 11) is 3.45. The molecule has 0 bridgehead atoms. The van der Waals surface area contributed by atoms with Gasteiger partial charge in [-0.05, 0) is 89.4 Å². The second-order valence-corrected chi connectivity index (χ2v) is 34.1. The molecule has 11 aromatic rings. The number of ether oxygens (including phenoxy) is 1. The quantitative estimate of drug-likeness (QED) is 0.0536. The van der Waals surface area contributed by atoms with Gasteiger partial charge in [0.05, 0.1) is 30.8 Å². The van der Waals surface area contributed by atoms with E-state index in [4.69, 9.17) is 5.11 Å². The number of thiazole rings is 3. The van der Waals surface area contributed by atoms with E-state index in [1.807, 2.05) is 38.9 Å². The highest BCUT2D eigenvalue weighted by Crippen LogP contribution is 2.37. The third-order valence-corrected chi connectivity index (χ3v) is 25.9. The average Bonchev–Trinajstić information content (AvgIpc) is 1.04. The van der Waals surface area contributed by atoms with Gasteiger partial charge < -0.3 is 40.6 Å². The standard InChI is InChI=1S/C24H26N4OS.C20H25N3.C17H19N.C11H16N4OS.C10H9NO2.C8H17N.C4H3NO2S/c29-24(23-25-11-16-30-23)27-14-12-26(13-15-27)21-17-28(18-21)22(19-7-3-1-4-8-19)20-9-5-2-6-10-20;1-3-7-17(8-4-1)20(18-9-5-2-6-10-18)23-15-19(16-23)22-13-11-21-12-14-22;1-14-12-18(13-14)17(15-8-4-2-5-9-15)16-10-6-3-7-11-16;16-11(10-13-1-6-17-10)15-4-2-14(3-5-15)9-7-12-8-9;1-13-10(12)8-2-3-9-7(6-8)4-5-11-9;1-7-5-3-4-6-8(7)9-2;6-4(7)3-5-1-2-8-3/h1-11,16,21-22H,12-15,17-18H2;1-10,19-21H,11-16H2;2-11,14,17H,12-13H2,1H3;1,6,9,12H,2-5,7-8H2;2-6,11H,1H3;7-9H,3-6H2,1-2H3;1-2H,(H,6,7)/t;;;;;7-,8+;/m.....0./s1. The molecule has 5 N–H and O–H groups in total. The highest BCUT2D eigenvalue weighted by Gasteiger charge is 2.41. The molecule has 0 unspecified atom stereocenters. The number of hydrogen-bond donors (Lipinski definition) is 5. The fraction of sp³-hybridized carbons (Fsp3) is 0.394. The number of carbonyl (C=O) groups excluding carboxylic acids is 3. The summed E-state index contributed by atoms with van der Waals surface area (Å²) >= 11 is 3.97. The Morgan fingerprint density at radius 1 is 0.458 bits per heavy atom. The zero-order valence-electron chi connectivity index (χ0n) is 68.5. The maximum absolute atomic E-state index is 12.5. The molecule has 118 heavy (non-hydrogen) atoms. The molecular formula is C94H115N15O6S3. The van der Waals surface area contributed by atoms with Crippen LogP contribution in [0.4, 0.5) is 0 Å². The highest BCUT2D eigenvalue weighted by atomic mass is 32.1. The first-order valence-electron chi connectivity index (χ1n) is 41.8. The van der Waals surface area contributed by atoms with Crippen molar-refractivity contribution in [2.45, 2.75) is 81.8 Å². The molecule has 11 heterocycles. The van der Waals surface area contributed by atoms with Crippen LogP contribution in [0.3, 0.4) is 0 Å². The molecule has 1 aliphatic carbocycles. The number of aromatic carboxylic acids is 1. The lowest BCUT2D eigenvalue weighted by molar-refractivity contribution is -0.00734. The Hall–Kier alpha value is -9.51. The van der Waals surface area contributed by atoms with Gasteiger partial charge in [0.15, 0.2) is 10.0 Å². The van der Waals surface area contributed by atoms with Gasteiger partial charge in [0, 0.05) is 207 Å². The third kappa shape index (κ3) is 23.7. The Morgan fingerprint density at radius 3 is 1.17 bits per heavy atom. The number of carboxylic acids is 1. The summed E-state index contributed by atoms with van der Waals surface area (Å²) in [5.74, 6) is 0.645. The number of likely N-dealkylation sites (tertiary alicyclic amines) is 3. The molecule has 7 aromatic carbocycles. The predicted octanol–water partition coefficient (Wildman–Crippen LogP) is 13.9. The summed E-state index contributed by atoms with van der Waals surface area (Å²) in [4.78, 5) is 79.9. The Morgan fingerprint density at radius 2 is 0.839 bits per heavy atom. The van der Waals surface area contributed by atoms with Gasteiger partial charge in [0.25, 0.3) is 11.8 Å². The van der Waals surface area contributed by atoms with E-state index >= 15 is 0 Å². The summed E-state index contributed by atoms with van der Waals surface area (Å²) in [6, 6.07) is 76.3. The molecule has 4 aromatic heterocycles. The van der Waals surface area contributed by atoms with Gasteiger partial charge in [-0.15, -0.1) is 34.0 Å². The number of amides is 2. The lowest BCUT2D eigenvalue weighted by Crippen LogP contribution is -2.63. The molecule has 7 aliphatic heterocycles. The first kappa shape index (κ1) is 86.3. The number of methoxy groups -OCH3 is 1. The number of nitrogens with one attached hydrogen (secondary N) is 4. The molecule has 1 saturated carbocycles. The monoisotopic (exact) mass is 1650 g/mol. The van der Waals surface area contributed by atoms with Crippen molar-refractivity contribution in [3.05, 3.63) is 301 Å². The number of hydrogen-bond acceptors (Lipinski definition) is 20. The molecule has 19 rings (SSSR count). The van der Waals surface area contributed by atoms with E-state index < -0.39 is 5.97 Å². The van der Waals surface area contributed by atoms with Crippen molar-refractivity contribution >= 4 is 68.7 Å². The fourth-order valence-electron chi connectivity index (χ4n) is 16.9. The van der Waals surface area contributed by atoms with Crippen LogP contribution < -0.4 is 16.0 Å². The van der Waals surface area contributed by atoms with Crippen LogP contribution in [-0.2, 0) is 4.74 Å². The zero-order chi connectivity index (χ0) is 81.8. The Balaban J connectivity index is 0.000000124. The number of aromatic nitrogens is 4. The average molecular weight is 1650 g/mol. The van der Waals surface area contributed by atoms with Crippen LogP contribution in [0, 0.1) is 11.8 Å². The molecule has 21 nitrogen and oxygen atoms in total. The number of fused-ring (bicyclic) bond motifs is 1. The maximum Gasteiger partial charge on any atom is 0.364 e. The van der Waals surface area contributed by atoms with Gasteiger partial charge in [0.1, 0.15) is 0 Å². The van der Waals surface area contributed by atoms with Crippen LogP contribution in [-0.4, -0.2) is 257 Å². The van der Waals surface area contributed by atoms with Crippen molar-refractivity contribution in [2.75, 3.05) is 145 Å². The van der Waals surface area contributed by atoms with E-state index in [-0.39, 0.29) is 22.8 Å². The van der Waals surface area contributed by atoms with Crippen LogP contribution in [0.1, 0.15) is 131 Å². The molecule has 8 fully saturated rings. The topological polar surface area (TPSA) is 214 Å². The SMILES string of the molecule is CC1CN(C(c2ccccc2)c2ccccc2)C1.CN[C@@H]1CCCC[C@@H]1C.COC(=O)c1ccc2[nH]ccc2c1.O=C(O)c1nccs1.O=C(c1nccs1)N1CCN(C2CN(C(c3ccccc3)c3ccccc3)C2)CC1.O=C(c1nccs1)N1CCN(C2CNC2)CC1.c1ccc(C(c2ccccc2)N2CC(N3CCNCC3)C2)cc1. The molecular weight excluding hydrogens is 1530 g/mol. The minimum absolute atomic E-state index is 0.0769. The van der Waals surface area contributed by atoms with E-state index in [1.165, 1.54) is 134 Å². The van der Waals surface area contributed by atoms with Gasteiger partial charge in [-0.1, -0.05) is 209 Å². The number of carbonyl (C=O) groups is 4. The molecule has 8 aliphatic rings. The molecule has 2 atom stereocenters.